The minimum atomic E-state index is -4.17. The van der Waals surface area contributed by atoms with Gasteiger partial charge in [0.2, 0.25) is 5.03 Å². The molecular formula is C17H10N2O6S. The van der Waals surface area contributed by atoms with Gasteiger partial charge >= 0.3 is 15.7 Å². The number of fused-ring (bicyclic) bond motifs is 3. The predicted molar refractivity (Wildman–Crippen MR) is 91.5 cm³/mol. The molecule has 0 amide bonds. The maximum Gasteiger partial charge on any atom is 0.358 e. The largest absolute Gasteiger partial charge is 0.508 e. The molecule has 130 valence electrons. The van der Waals surface area contributed by atoms with Gasteiger partial charge in [0.15, 0.2) is 0 Å². The van der Waals surface area contributed by atoms with E-state index in [1.807, 2.05) is 0 Å². The van der Waals surface area contributed by atoms with Gasteiger partial charge in [0.25, 0.3) is 0 Å². The van der Waals surface area contributed by atoms with Crippen LogP contribution in [0.3, 0.4) is 0 Å². The van der Waals surface area contributed by atoms with Crippen LogP contribution < -0.4 is 9.81 Å². The molecule has 0 bridgehead atoms. The number of aromatic hydroxyl groups is 1. The van der Waals surface area contributed by atoms with Crippen molar-refractivity contribution in [1.82, 2.24) is 9.97 Å². The molecule has 4 aromatic rings. The van der Waals surface area contributed by atoms with E-state index < -0.39 is 15.7 Å². The Labute approximate surface area is 146 Å². The summed E-state index contributed by atoms with van der Waals surface area (Å²) in [5, 5.41) is 10.6. The maximum absolute atomic E-state index is 12.2. The third kappa shape index (κ3) is 2.74. The second-order valence-electron chi connectivity index (χ2n) is 5.36. The number of phenolic OH excluding ortho intramolecular Hbond substituents is 1. The van der Waals surface area contributed by atoms with Crippen molar-refractivity contribution >= 4 is 31.9 Å². The predicted octanol–water partition coefficient (Wildman–Crippen LogP) is 2.21. The average Bonchev–Trinajstić information content (AvgIpc) is 2.62. The molecule has 26 heavy (non-hydrogen) atoms. The van der Waals surface area contributed by atoms with E-state index in [-0.39, 0.29) is 27.5 Å². The van der Waals surface area contributed by atoms with E-state index in [4.69, 9.17) is 8.60 Å². The minimum absolute atomic E-state index is 0.0376. The fraction of sp³-hybridized carbons (Fsp3) is 0. The SMILES string of the molecule is O=c1oc2cc(OS(=O)(=O)c3cnccn3)ccc2c2ccc(O)cc12. The zero-order valence-corrected chi connectivity index (χ0v) is 13.8. The fourth-order valence-electron chi connectivity index (χ4n) is 2.54. The number of rotatable bonds is 3. The lowest BCUT2D eigenvalue weighted by Gasteiger charge is -2.07. The van der Waals surface area contributed by atoms with Crippen molar-refractivity contribution in [2.45, 2.75) is 5.03 Å². The number of phenols is 1. The molecule has 0 aliphatic heterocycles. The van der Waals surface area contributed by atoms with Crippen molar-refractivity contribution in [2.24, 2.45) is 0 Å². The molecule has 0 saturated carbocycles. The van der Waals surface area contributed by atoms with E-state index in [0.29, 0.717) is 10.8 Å². The quantitative estimate of drug-likeness (QED) is 0.331. The summed E-state index contributed by atoms with van der Waals surface area (Å²) in [6.45, 7) is 0. The molecule has 0 radical (unpaired) electrons. The normalized spacial score (nSPS) is 11.7. The van der Waals surface area contributed by atoms with Crippen LogP contribution >= 0.6 is 0 Å². The molecular weight excluding hydrogens is 360 g/mol. The minimum Gasteiger partial charge on any atom is -0.508 e. The summed E-state index contributed by atoms with van der Waals surface area (Å²) in [4.78, 5) is 19.5. The van der Waals surface area contributed by atoms with Gasteiger partial charge in [0.05, 0.1) is 11.6 Å². The lowest BCUT2D eigenvalue weighted by molar-refractivity contribution is 0.475. The van der Waals surface area contributed by atoms with E-state index in [0.717, 1.165) is 6.20 Å². The molecule has 4 rings (SSSR count). The Morgan fingerprint density at radius 1 is 1.00 bits per heavy atom. The van der Waals surface area contributed by atoms with Gasteiger partial charge in [-0.2, -0.15) is 8.42 Å². The Kier molecular flexibility index (Phi) is 3.58. The molecule has 2 heterocycles. The van der Waals surface area contributed by atoms with Crippen LogP contribution in [0.5, 0.6) is 11.5 Å². The molecule has 0 unspecified atom stereocenters. The van der Waals surface area contributed by atoms with Crippen LogP contribution in [0, 0.1) is 0 Å². The topological polar surface area (TPSA) is 120 Å². The van der Waals surface area contributed by atoms with Crippen molar-refractivity contribution in [3.05, 3.63) is 65.4 Å². The van der Waals surface area contributed by atoms with E-state index in [2.05, 4.69) is 9.97 Å². The Morgan fingerprint density at radius 3 is 2.58 bits per heavy atom. The van der Waals surface area contributed by atoms with Crippen molar-refractivity contribution in [2.75, 3.05) is 0 Å². The second kappa shape index (κ2) is 5.81. The van der Waals surface area contributed by atoms with Crippen molar-refractivity contribution < 1.29 is 22.1 Å². The van der Waals surface area contributed by atoms with Crippen molar-refractivity contribution in [3.8, 4) is 11.5 Å². The van der Waals surface area contributed by atoms with Crippen LogP contribution in [0.1, 0.15) is 0 Å². The number of aromatic nitrogens is 2. The van der Waals surface area contributed by atoms with E-state index >= 15 is 0 Å². The third-order valence-electron chi connectivity index (χ3n) is 3.67. The molecule has 0 aliphatic carbocycles. The smallest absolute Gasteiger partial charge is 0.358 e. The Hall–Kier alpha value is -3.46. The highest BCUT2D eigenvalue weighted by atomic mass is 32.2. The van der Waals surface area contributed by atoms with Crippen molar-refractivity contribution in [3.63, 3.8) is 0 Å². The van der Waals surface area contributed by atoms with Crippen molar-refractivity contribution in [1.29, 1.82) is 0 Å². The first kappa shape index (κ1) is 16.0. The summed E-state index contributed by atoms with van der Waals surface area (Å²) in [6.07, 6.45) is 3.64. The first-order valence-electron chi connectivity index (χ1n) is 7.34. The molecule has 8 nitrogen and oxygen atoms in total. The number of hydrogen-bond acceptors (Lipinski definition) is 8. The Balaban J connectivity index is 1.83. The van der Waals surface area contributed by atoms with Gasteiger partial charge < -0.3 is 13.7 Å². The molecule has 1 N–H and O–H groups in total. The van der Waals surface area contributed by atoms with Gasteiger partial charge in [-0.1, -0.05) is 0 Å². The van der Waals surface area contributed by atoms with Gasteiger partial charge in [0.1, 0.15) is 17.1 Å². The fourth-order valence-corrected chi connectivity index (χ4v) is 3.36. The van der Waals surface area contributed by atoms with Gasteiger partial charge in [-0.3, -0.25) is 4.98 Å². The van der Waals surface area contributed by atoms with Crippen LogP contribution in [-0.2, 0) is 10.1 Å². The van der Waals surface area contributed by atoms with E-state index in [1.54, 1.807) is 12.1 Å². The second-order valence-corrected chi connectivity index (χ2v) is 6.85. The number of hydrogen-bond donors (Lipinski definition) is 1. The van der Waals surface area contributed by atoms with Gasteiger partial charge in [0, 0.05) is 29.2 Å². The van der Waals surface area contributed by atoms with E-state index in [9.17, 15) is 18.3 Å². The number of benzene rings is 2. The summed E-state index contributed by atoms with van der Waals surface area (Å²) < 4.78 is 34.7. The monoisotopic (exact) mass is 370 g/mol. The lowest BCUT2D eigenvalue weighted by Crippen LogP contribution is -2.11. The van der Waals surface area contributed by atoms with Crippen LogP contribution in [0.2, 0.25) is 0 Å². The standard InChI is InChI=1S/C17H10N2O6S/c20-10-1-3-12-13-4-2-11(8-15(13)24-17(21)14(12)7-10)25-26(22,23)16-9-18-5-6-19-16/h1-9,20H. The van der Waals surface area contributed by atoms with Gasteiger partial charge in [-0.05, 0) is 30.3 Å². The molecule has 0 atom stereocenters. The van der Waals surface area contributed by atoms with Crippen LogP contribution in [-0.4, -0.2) is 23.5 Å². The zero-order chi connectivity index (χ0) is 18.3. The maximum atomic E-state index is 12.2. The molecule has 2 aromatic heterocycles. The summed E-state index contributed by atoms with van der Waals surface area (Å²) in [5.41, 5.74) is -0.502. The lowest BCUT2D eigenvalue weighted by atomic mass is 10.1. The highest BCUT2D eigenvalue weighted by molar-refractivity contribution is 7.87. The first-order valence-corrected chi connectivity index (χ1v) is 8.75. The number of nitrogens with zero attached hydrogens (tertiary/aromatic N) is 2. The summed E-state index contributed by atoms with van der Waals surface area (Å²) >= 11 is 0. The summed E-state index contributed by atoms with van der Waals surface area (Å²) in [7, 11) is -4.17. The first-order chi connectivity index (χ1) is 12.4. The summed E-state index contributed by atoms with van der Waals surface area (Å²) in [6, 6.07) is 8.65. The van der Waals surface area contributed by atoms with Crippen LogP contribution in [0.25, 0.3) is 21.7 Å². The highest BCUT2D eigenvalue weighted by Crippen LogP contribution is 2.29. The average molecular weight is 370 g/mol. The molecule has 2 aromatic carbocycles. The molecule has 0 saturated heterocycles. The van der Waals surface area contributed by atoms with Gasteiger partial charge in [-0.15, -0.1) is 0 Å². The van der Waals surface area contributed by atoms with Crippen LogP contribution in [0.15, 0.2) is 69.2 Å². The Morgan fingerprint density at radius 2 is 1.81 bits per heavy atom. The van der Waals surface area contributed by atoms with E-state index in [1.165, 1.54) is 36.7 Å². The zero-order valence-electron chi connectivity index (χ0n) is 13.0. The third-order valence-corrected chi connectivity index (χ3v) is 4.81. The summed E-state index contributed by atoms with van der Waals surface area (Å²) in [5.74, 6) is -0.0939. The van der Waals surface area contributed by atoms with Gasteiger partial charge in [-0.25, -0.2) is 9.78 Å². The molecule has 0 fully saturated rings. The molecule has 0 aliphatic rings. The van der Waals surface area contributed by atoms with Crippen LogP contribution in [0.4, 0.5) is 0 Å². The molecule has 0 spiro atoms. The Bertz CT molecular complexity index is 1300. The molecule has 9 heteroatoms. The highest BCUT2D eigenvalue weighted by Gasteiger charge is 2.19.